The highest BCUT2D eigenvalue weighted by Gasteiger charge is 2.14. The van der Waals surface area contributed by atoms with E-state index in [-0.39, 0.29) is 11.8 Å². The van der Waals surface area contributed by atoms with E-state index in [0.29, 0.717) is 29.1 Å². The van der Waals surface area contributed by atoms with Crippen molar-refractivity contribution in [2.24, 2.45) is 0 Å². The van der Waals surface area contributed by atoms with Crippen LogP contribution in [0.2, 0.25) is 0 Å². The van der Waals surface area contributed by atoms with Crippen LogP contribution in [0.4, 0.5) is 8.78 Å². The van der Waals surface area contributed by atoms with Crippen LogP contribution in [0.1, 0.15) is 5.56 Å². The quantitative estimate of drug-likeness (QED) is 0.376. The normalized spacial score (nSPS) is 10.9. The largest absolute Gasteiger partial charge is 0.489 e. The van der Waals surface area contributed by atoms with E-state index in [4.69, 9.17) is 9.47 Å². The summed E-state index contributed by atoms with van der Waals surface area (Å²) >= 11 is 0. The van der Waals surface area contributed by atoms with Crippen molar-refractivity contribution in [3.8, 4) is 28.8 Å². The van der Waals surface area contributed by atoms with Gasteiger partial charge in [-0.3, -0.25) is 5.10 Å². The topological polar surface area (TPSA) is 72.9 Å². The first kappa shape index (κ1) is 19.6. The molecule has 0 fully saturated rings. The zero-order valence-corrected chi connectivity index (χ0v) is 16.6. The molecule has 0 aliphatic rings. The monoisotopic (exact) mass is 430 g/mol. The number of nitrogens with zero attached hydrogens (tertiary/aromatic N) is 3. The van der Waals surface area contributed by atoms with Crippen molar-refractivity contribution in [2.75, 3.05) is 0 Å². The summed E-state index contributed by atoms with van der Waals surface area (Å²) in [5.41, 5.74) is 2.96. The molecule has 0 saturated heterocycles. The van der Waals surface area contributed by atoms with Crippen LogP contribution in [-0.2, 0) is 6.61 Å². The minimum Gasteiger partial charge on any atom is -0.489 e. The number of H-pyrrole nitrogens is 1. The number of hydrogen-bond acceptors (Lipinski definition) is 5. The molecule has 5 aromatic rings. The van der Waals surface area contributed by atoms with Gasteiger partial charge < -0.3 is 9.47 Å². The van der Waals surface area contributed by atoms with Crippen molar-refractivity contribution in [2.45, 2.75) is 6.61 Å². The van der Waals surface area contributed by atoms with E-state index in [0.717, 1.165) is 23.3 Å². The second-order valence-electron chi connectivity index (χ2n) is 6.97. The predicted octanol–water partition coefficient (Wildman–Crippen LogP) is 5.67. The molecule has 0 aliphatic carbocycles. The van der Waals surface area contributed by atoms with Gasteiger partial charge in [0.15, 0.2) is 17.2 Å². The van der Waals surface area contributed by atoms with Gasteiger partial charge in [-0.25, -0.2) is 13.8 Å². The predicted molar refractivity (Wildman–Crippen MR) is 114 cm³/mol. The number of benzene rings is 3. The Labute approximate surface area is 181 Å². The van der Waals surface area contributed by atoms with Gasteiger partial charge in [0.05, 0.1) is 5.39 Å². The van der Waals surface area contributed by atoms with Crippen LogP contribution in [0.3, 0.4) is 0 Å². The molecule has 1 N–H and O–H groups in total. The van der Waals surface area contributed by atoms with Crippen LogP contribution < -0.4 is 9.47 Å². The standard InChI is InChI=1S/C24H16F2N4O2/c25-17-9-10-21(20(26)12-17)32-24-27-13-19-22(29-30-23(19)28-24)16-7-4-8-18(11-16)31-14-15-5-2-1-3-6-15/h1-13H,14H2,(H,27,28,29,30). The Bertz CT molecular complexity index is 1390. The molecule has 0 bridgehead atoms. The zero-order valence-electron chi connectivity index (χ0n) is 16.6. The van der Waals surface area contributed by atoms with Crippen LogP contribution in [0.25, 0.3) is 22.3 Å². The molecule has 0 saturated carbocycles. The Morgan fingerprint density at radius 3 is 2.62 bits per heavy atom. The molecular formula is C24H16F2N4O2. The van der Waals surface area contributed by atoms with Gasteiger partial charge in [-0.05, 0) is 29.8 Å². The van der Waals surface area contributed by atoms with Crippen LogP contribution in [0, 0.1) is 11.6 Å². The Hall–Kier alpha value is -4.33. The molecule has 0 spiro atoms. The maximum atomic E-state index is 13.8. The summed E-state index contributed by atoms with van der Waals surface area (Å²) in [5.74, 6) is -1.00. The number of aromatic nitrogens is 4. The minimum atomic E-state index is -0.841. The fourth-order valence-electron chi connectivity index (χ4n) is 3.19. The second kappa shape index (κ2) is 8.43. The van der Waals surface area contributed by atoms with Crippen LogP contribution in [-0.4, -0.2) is 20.2 Å². The fourth-order valence-corrected chi connectivity index (χ4v) is 3.19. The summed E-state index contributed by atoms with van der Waals surface area (Å²) in [7, 11) is 0. The number of fused-ring (bicyclic) bond motifs is 1. The first-order valence-corrected chi connectivity index (χ1v) is 9.77. The van der Waals surface area contributed by atoms with Crippen LogP contribution in [0.5, 0.6) is 17.5 Å². The molecule has 158 valence electrons. The van der Waals surface area contributed by atoms with E-state index < -0.39 is 11.6 Å². The third-order valence-electron chi connectivity index (χ3n) is 4.75. The van der Waals surface area contributed by atoms with Crippen molar-refractivity contribution < 1.29 is 18.3 Å². The van der Waals surface area contributed by atoms with Gasteiger partial charge in [-0.15, -0.1) is 0 Å². The number of ether oxygens (including phenoxy) is 2. The summed E-state index contributed by atoms with van der Waals surface area (Å²) < 4.78 is 38.1. The van der Waals surface area contributed by atoms with Gasteiger partial charge in [-0.1, -0.05) is 42.5 Å². The van der Waals surface area contributed by atoms with E-state index in [1.165, 1.54) is 12.3 Å². The smallest absolute Gasteiger partial charge is 0.324 e. The summed E-state index contributed by atoms with van der Waals surface area (Å²) in [5, 5.41) is 7.84. The molecular weight excluding hydrogens is 414 g/mol. The Morgan fingerprint density at radius 1 is 0.906 bits per heavy atom. The van der Waals surface area contributed by atoms with Crippen LogP contribution in [0.15, 0.2) is 79.0 Å². The van der Waals surface area contributed by atoms with Crippen molar-refractivity contribution in [1.82, 2.24) is 20.2 Å². The molecule has 3 aromatic carbocycles. The highest BCUT2D eigenvalue weighted by atomic mass is 19.1. The number of halogens is 2. The third-order valence-corrected chi connectivity index (χ3v) is 4.75. The van der Waals surface area contributed by atoms with Crippen molar-refractivity contribution in [1.29, 1.82) is 0 Å². The molecule has 5 rings (SSSR count). The molecule has 8 heteroatoms. The highest BCUT2D eigenvalue weighted by Crippen LogP contribution is 2.30. The maximum Gasteiger partial charge on any atom is 0.324 e. The SMILES string of the molecule is Fc1ccc(Oc2ncc3c(-c4cccc(OCc5ccccc5)c4)n[nH]c3n2)c(F)c1. The first-order chi connectivity index (χ1) is 15.7. The van der Waals surface area contributed by atoms with E-state index in [9.17, 15) is 8.78 Å². The number of rotatable bonds is 6. The molecule has 0 radical (unpaired) electrons. The maximum absolute atomic E-state index is 13.8. The van der Waals surface area contributed by atoms with Gasteiger partial charge in [0, 0.05) is 17.8 Å². The highest BCUT2D eigenvalue weighted by molar-refractivity contribution is 5.90. The summed E-state index contributed by atoms with van der Waals surface area (Å²) in [6.45, 7) is 0.454. The van der Waals surface area contributed by atoms with E-state index in [1.807, 2.05) is 54.6 Å². The summed E-state index contributed by atoms with van der Waals surface area (Å²) in [4.78, 5) is 8.37. The molecule has 0 atom stereocenters. The summed E-state index contributed by atoms with van der Waals surface area (Å²) in [6, 6.07) is 20.4. The Kier molecular flexibility index (Phi) is 5.17. The van der Waals surface area contributed by atoms with Crippen molar-refractivity contribution >= 4 is 11.0 Å². The van der Waals surface area contributed by atoms with E-state index >= 15 is 0 Å². The minimum absolute atomic E-state index is 0.0850. The number of hydrogen-bond donors (Lipinski definition) is 1. The first-order valence-electron chi connectivity index (χ1n) is 9.77. The summed E-state index contributed by atoms with van der Waals surface area (Å²) in [6.07, 6.45) is 1.54. The van der Waals surface area contributed by atoms with Crippen molar-refractivity contribution in [3.63, 3.8) is 0 Å². The molecule has 0 unspecified atom stereocenters. The second-order valence-corrected chi connectivity index (χ2v) is 6.97. The van der Waals surface area contributed by atoms with Crippen molar-refractivity contribution in [3.05, 3.63) is 96.2 Å². The molecule has 0 amide bonds. The number of aromatic amines is 1. The van der Waals surface area contributed by atoms with Gasteiger partial charge in [0.2, 0.25) is 0 Å². The third kappa shape index (κ3) is 4.11. The van der Waals surface area contributed by atoms with Gasteiger partial charge in [0.25, 0.3) is 0 Å². The van der Waals surface area contributed by atoms with E-state index in [2.05, 4.69) is 20.2 Å². The lowest BCUT2D eigenvalue weighted by molar-refractivity contribution is 0.306. The van der Waals surface area contributed by atoms with E-state index in [1.54, 1.807) is 0 Å². The molecule has 2 aromatic heterocycles. The lowest BCUT2D eigenvalue weighted by atomic mass is 10.1. The van der Waals surface area contributed by atoms with Gasteiger partial charge in [0.1, 0.15) is 23.9 Å². The average molecular weight is 430 g/mol. The lowest BCUT2D eigenvalue weighted by Gasteiger charge is -2.07. The molecule has 2 heterocycles. The lowest BCUT2D eigenvalue weighted by Crippen LogP contribution is -1.95. The fraction of sp³-hybridized carbons (Fsp3) is 0.0417. The zero-order chi connectivity index (χ0) is 21.9. The Morgan fingerprint density at radius 2 is 1.78 bits per heavy atom. The number of nitrogens with one attached hydrogen (secondary N) is 1. The van der Waals surface area contributed by atoms with Gasteiger partial charge >= 0.3 is 6.01 Å². The molecule has 0 aliphatic heterocycles. The van der Waals surface area contributed by atoms with Gasteiger partial charge in [-0.2, -0.15) is 10.1 Å². The average Bonchev–Trinajstić information content (AvgIpc) is 3.24. The van der Waals surface area contributed by atoms with Crippen LogP contribution >= 0.6 is 0 Å². The molecule has 6 nitrogen and oxygen atoms in total. The molecule has 32 heavy (non-hydrogen) atoms. The Balaban J connectivity index is 1.38.